The Labute approximate surface area is 121 Å². The third-order valence-electron chi connectivity index (χ3n) is 3.09. The van der Waals surface area contributed by atoms with Gasteiger partial charge in [-0.05, 0) is 23.8 Å². The van der Waals surface area contributed by atoms with Crippen LogP contribution in [0.4, 0.5) is 0 Å². The monoisotopic (exact) mass is 274 g/mol. The van der Waals surface area contributed by atoms with Crippen LogP contribution in [0, 0.1) is 11.3 Å². The molecule has 2 aromatic rings. The molecule has 0 saturated heterocycles. The number of rotatable bonds is 2. The number of nitriles is 1. The topological polar surface area (TPSA) is 62.5 Å². The first-order chi connectivity index (χ1) is 10.3. The zero-order chi connectivity index (χ0) is 14.7. The summed E-state index contributed by atoms with van der Waals surface area (Å²) in [6.07, 6.45) is 1.71. The molecule has 0 aliphatic carbocycles. The molecule has 0 spiro atoms. The maximum atomic E-state index is 11.8. The minimum atomic E-state index is -0.474. The van der Waals surface area contributed by atoms with Gasteiger partial charge in [-0.2, -0.15) is 5.26 Å². The highest BCUT2D eigenvalue weighted by Gasteiger charge is 2.26. The summed E-state index contributed by atoms with van der Waals surface area (Å²) < 4.78 is 0. The molecule has 1 aliphatic rings. The first kappa shape index (κ1) is 12.8. The maximum Gasteiger partial charge on any atom is 0.368 e. The van der Waals surface area contributed by atoms with E-state index in [1.165, 1.54) is 0 Å². The van der Waals surface area contributed by atoms with Gasteiger partial charge in [-0.1, -0.05) is 47.6 Å². The average Bonchev–Trinajstić information content (AvgIpc) is 2.90. The first-order valence-electron chi connectivity index (χ1n) is 6.35. The molecule has 1 heterocycles. The molecule has 0 bridgehead atoms. The summed E-state index contributed by atoms with van der Waals surface area (Å²) in [5, 5.41) is 12.6. The fraction of sp³-hybridized carbons (Fsp3) is 0. The molecule has 0 radical (unpaired) electrons. The minimum Gasteiger partial charge on any atom is -0.312 e. The van der Waals surface area contributed by atoms with Gasteiger partial charge in [-0.3, -0.25) is 0 Å². The summed E-state index contributed by atoms with van der Waals surface area (Å²) in [6, 6.07) is 18.4. The normalized spacial score (nSPS) is 15.5. The van der Waals surface area contributed by atoms with Gasteiger partial charge in [0, 0.05) is 5.56 Å². The third kappa shape index (κ3) is 2.58. The number of carbonyl (C=O) groups excluding carboxylic acids is 1. The second kappa shape index (κ2) is 5.43. The van der Waals surface area contributed by atoms with Crippen molar-refractivity contribution in [2.24, 2.45) is 5.16 Å². The van der Waals surface area contributed by atoms with Crippen molar-refractivity contribution < 1.29 is 9.63 Å². The number of hydrogen-bond acceptors (Lipinski definition) is 4. The van der Waals surface area contributed by atoms with Gasteiger partial charge in [-0.15, -0.1) is 0 Å². The van der Waals surface area contributed by atoms with E-state index in [0.717, 1.165) is 11.1 Å². The van der Waals surface area contributed by atoms with E-state index in [9.17, 15) is 4.79 Å². The Morgan fingerprint density at radius 2 is 1.76 bits per heavy atom. The lowest BCUT2D eigenvalue weighted by Crippen LogP contribution is -2.06. The van der Waals surface area contributed by atoms with E-state index in [0.29, 0.717) is 16.8 Å². The SMILES string of the molecule is N#Cc1ccc(/C=C2\C(=O)ON=C2c2ccccc2)cc1. The second-order valence-electron chi connectivity index (χ2n) is 4.48. The van der Waals surface area contributed by atoms with Crippen LogP contribution in [0.3, 0.4) is 0 Å². The highest BCUT2D eigenvalue weighted by Crippen LogP contribution is 2.20. The standard InChI is InChI=1S/C17H10N2O2/c18-11-13-8-6-12(7-9-13)10-15-16(19-21-17(15)20)14-4-2-1-3-5-14/h1-10H/b15-10-. The van der Waals surface area contributed by atoms with Crippen LogP contribution in [0.25, 0.3) is 6.08 Å². The molecule has 0 unspecified atom stereocenters. The molecule has 3 rings (SSSR count). The summed E-state index contributed by atoms with van der Waals surface area (Å²) in [4.78, 5) is 16.6. The highest BCUT2D eigenvalue weighted by molar-refractivity contribution is 6.31. The molecule has 0 N–H and O–H groups in total. The molecular formula is C17H10N2O2. The van der Waals surface area contributed by atoms with Gasteiger partial charge in [0.25, 0.3) is 0 Å². The Morgan fingerprint density at radius 3 is 2.43 bits per heavy atom. The first-order valence-corrected chi connectivity index (χ1v) is 6.35. The van der Waals surface area contributed by atoms with E-state index < -0.39 is 5.97 Å². The Balaban J connectivity index is 1.98. The van der Waals surface area contributed by atoms with Crippen molar-refractivity contribution in [1.82, 2.24) is 0 Å². The molecule has 100 valence electrons. The van der Waals surface area contributed by atoms with Gasteiger partial charge < -0.3 is 4.84 Å². The summed E-state index contributed by atoms with van der Waals surface area (Å²) in [5.41, 5.74) is 3.13. The second-order valence-corrected chi connectivity index (χ2v) is 4.48. The lowest BCUT2D eigenvalue weighted by Gasteiger charge is -2.00. The van der Waals surface area contributed by atoms with Crippen molar-refractivity contribution in [3.63, 3.8) is 0 Å². The van der Waals surface area contributed by atoms with Gasteiger partial charge in [0.05, 0.1) is 17.2 Å². The largest absolute Gasteiger partial charge is 0.368 e. The number of oxime groups is 1. The average molecular weight is 274 g/mol. The van der Waals surface area contributed by atoms with E-state index in [1.807, 2.05) is 30.3 Å². The van der Waals surface area contributed by atoms with Gasteiger partial charge in [0.15, 0.2) is 0 Å². The zero-order valence-electron chi connectivity index (χ0n) is 11.0. The zero-order valence-corrected chi connectivity index (χ0v) is 11.0. The molecule has 0 atom stereocenters. The molecule has 0 saturated carbocycles. The van der Waals surface area contributed by atoms with E-state index >= 15 is 0 Å². The quantitative estimate of drug-likeness (QED) is 0.625. The highest BCUT2D eigenvalue weighted by atomic mass is 16.7. The molecule has 0 aromatic heterocycles. The van der Waals surface area contributed by atoms with Crippen molar-refractivity contribution in [3.05, 3.63) is 76.9 Å². The van der Waals surface area contributed by atoms with Crippen LogP contribution in [-0.2, 0) is 9.63 Å². The van der Waals surface area contributed by atoms with E-state index in [4.69, 9.17) is 10.1 Å². The van der Waals surface area contributed by atoms with Crippen LogP contribution in [0.5, 0.6) is 0 Å². The smallest absolute Gasteiger partial charge is 0.312 e. The number of hydrogen-bond donors (Lipinski definition) is 0. The number of carbonyl (C=O) groups is 1. The lowest BCUT2D eigenvalue weighted by atomic mass is 10.0. The summed E-state index contributed by atoms with van der Waals surface area (Å²) in [6.45, 7) is 0. The van der Waals surface area contributed by atoms with Crippen molar-refractivity contribution >= 4 is 17.8 Å². The fourth-order valence-corrected chi connectivity index (χ4v) is 2.03. The summed E-state index contributed by atoms with van der Waals surface area (Å²) in [7, 11) is 0. The molecule has 0 amide bonds. The van der Waals surface area contributed by atoms with Crippen molar-refractivity contribution in [2.45, 2.75) is 0 Å². The predicted octanol–water partition coefficient (Wildman–Crippen LogP) is 2.90. The molecule has 4 heteroatoms. The Bertz CT molecular complexity index is 782. The number of nitrogens with zero attached hydrogens (tertiary/aromatic N) is 2. The molecule has 21 heavy (non-hydrogen) atoms. The Morgan fingerprint density at radius 1 is 1.05 bits per heavy atom. The molecule has 1 aliphatic heterocycles. The van der Waals surface area contributed by atoms with Crippen LogP contribution in [0.15, 0.2) is 65.3 Å². The fourth-order valence-electron chi connectivity index (χ4n) is 2.03. The predicted molar refractivity (Wildman–Crippen MR) is 78.2 cm³/mol. The molecule has 2 aromatic carbocycles. The van der Waals surface area contributed by atoms with Crippen molar-refractivity contribution in [2.75, 3.05) is 0 Å². The van der Waals surface area contributed by atoms with Crippen molar-refractivity contribution in [3.8, 4) is 6.07 Å². The maximum absolute atomic E-state index is 11.8. The third-order valence-corrected chi connectivity index (χ3v) is 3.09. The van der Waals surface area contributed by atoms with Crippen LogP contribution >= 0.6 is 0 Å². The van der Waals surface area contributed by atoms with Gasteiger partial charge >= 0.3 is 5.97 Å². The van der Waals surface area contributed by atoms with Crippen LogP contribution < -0.4 is 0 Å². The van der Waals surface area contributed by atoms with E-state index in [1.54, 1.807) is 30.3 Å². The molecular weight excluding hydrogens is 264 g/mol. The Hall–Kier alpha value is -3.19. The minimum absolute atomic E-state index is 0.408. The lowest BCUT2D eigenvalue weighted by molar-refractivity contribution is -0.136. The van der Waals surface area contributed by atoms with Gasteiger partial charge in [0.1, 0.15) is 5.71 Å². The van der Waals surface area contributed by atoms with Crippen LogP contribution in [0.2, 0.25) is 0 Å². The summed E-state index contributed by atoms with van der Waals surface area (Å²) >= 11 is 0. The van der Waals surface area contributed by atoms with Gasteiger partial charge in [0.2, 0.25) is 0 Å². The van der Waals surface area contributed by atoms with Crippen LogP contribution in [0.1, 0.15) is 16.7 Å². The number of benzene rings is 2. The summed E-state index contributed by atoms with van der Waals surface area (Å²) in [5.74, 6) is -0.474. The van der Waals surface area contributed by atoms with Crippen molar-refractivity contribution in [1.29, 1.82) is 5.26 Å². The Kier molecular flexibility index (Phi) is 3.32. The molecule has 4 nitrogen and oxygen atoms in total. The van der Waals surface area contributed by atoms with Crippen LogP contribution in [-0.4, -0.2) is 11.7 Å². The van der Waals surface area contributed by atoms with Gasteiger partial charge in [-0.25, -0.2) is 4.79 Å². The van der Waals surface area contributed by atoms with E-state index in [-0.39, 0.29) is 0 Å². The molecule has 0 fully saturated rings. The van der Waals surface area contributed by atoms with E-state index in [2.05, 4.69) is 11.2 Å².